The lowest BCUT2D eigenvalue weighted by atomic mass is 10.0. The van der Waals surface area contributed by atoms with Gasteiger partial charge in [-0.15, -0.1) is 0 Å². The molecule has 0 aliphatic carbocycles. The number of nitrogens with two attached hydrogens (primary N) is 1. The van der Waals surface area contributed by atoms with E-state index in [0.717, 1.165) is 28.8 Å². The molecule has 2 rings (SSSR count). The highest BCUT2D eigenvalue weighted by Crippen LogP contribution is 2.27. The largest absolute Gasteiger partial charge is 0.335 e. The van der Waals surface area contributed by atoms with E-state index in [1.807, 2.05) is 30.6 Å². The molecular weight excluding hydrogens is 326 g/mol. The number of hydrogen-bond acceptors (Lipinski definition) is 2. The fraction of sp³-hybridized carbons (Fsp3) is 0.357. The molecule has 0 aliphatic rings. The van der Waals surface area contributed by atoms with Gasteiger partial charge in [0.1, 0.15) is 5.82 Å². The summed E-state index contributed by atoms with van der Waals surface area (Å²) < 4.78 is 3.13. The molecule has 2 N–H and O–H groups in total. The molecule has 1 unspecified atom stereocenters. The smallest absolute Gasteiger partial charge is 0.110 e. The molecule has 1 aromatic heterocycles. The second kappa shape index (κ2) is 6.55. The van der Waals surface area contributed by atoms with Crippen LogP contribution in [-0.4, -0.2) is 9.55 Å². The fourth-order valence-electron chi connectivity index (χ4n) is 2.08. The van der Waals surface area contributed by atoms with Crippen molar-refractivity contribution in [2.24, 2.45) is 5.73 Å². The van der Waals surface area contributed by atoms with E-state index >= 15 is 0 Å². The van der Waals surface area contributed by atoms with E-state index in [1.165, 1.54) is 0 Å². The van der Waals surface area contributed by atoms with Gasteiger partial charge in [-0.25, -0.2) is 4.98 Å². The first kappa shape index (κ1) is 14.6. The Morgan fingerprint density at radius 1 is 1.47 bits per heavy atom. The van der Waals surface area contributed by atoms with Crippen LogP contribution < -0.4 is 5.73 Å². The summed E-state index contributed by atoms with van der Waals surface area (Å²) in [6, 6.07) is 5.60. The number of aryl methyl sites for hydroxylation is 1. The van der Waals surface area contributed by atoms with Crippen LogP contribution >= 0.6 is 27.5 Å². The summed E-state index contributed by atoms with van der Waals surface area (Å²) in [5, 5.41) is 0.698. The third-order valence-electron chi connectivity index (χ3n) is 3.03. The Morgan fingerprint density at radius 3 is 3.00 bits per heavy atom. The summed E-state index contributed by atoms with van der Waals surface area (Å²) in [6.07, 6.45) is 5.58. The number of hydrogen-bond donors (Lipinski definition) is 1. The molecule has 1 heterocycles. The van der Waals surface area contributed by atoms with Gasteiger partial charge in [-0.05, 0) is 30.2 Å². The van der Waals surface area contributed by atoms with E-state index in [0.29, 0.717) is 11.4 Å². The SMILES string of the molecule is CCCn1ccnc1CC(N)c1cc(Br)ccc1Cl. The number of aromatic nitrogens is 2. The van der Waals surface area contributed by atoms with Gasteiger partial charge in [-0.1, -0.05) is 34.5 Å². The quantitative estimate of drug-likeness (QED) is 0.894. The summed E-state index contributed by atoms with van der Waals surface area (Å²) in [4.78, 5) is 4.38. The molecule has 3 nitrogen and oxygen atoms in total. The maximum absolute atomic E-state index is 6.26. The van der Waals surface area contributed by atoms with E-state index in [1.54, 1.807) is 0 Å². The van der Waals surface area contributed by atoms with Gasteiger partial charge in [-0.2, -0.15) is 0 Å². The Labute approximate surface area is 126 Å². The van der Waals surface area contributed by atoms with E-state index in [-0.39, 0.29) is 6.04 Å². The minimum Gasteiger partial charge on any atom is -0.335 e. The zero-order valence-corrected chi connectivity index (χ0v) is 13.2. The molecule has 0 saturated heterocycles. The zero-order chi connectivity index (χ0) is 13.8. The van der Waals surface area contributed by atoms with Gasteiger partial charge in [0.25, 0.3) is 0 Å². The predicted molar refractivity (Wildman–Crippen MR) is 82.3 cm³/mol. The number of imidazole rings is 1. The molecule has 0 saturated carbocycles. The van der Waals surface area contributed by atoms with Crippen LogP contribution in [0, 0.1) is 0 Å². The highest BCUT2D eigenvalue weighted by Gasteiger charge is 2.14. The van der Waals surface area contributed by atoms with Crippen LogP contribution in [-0.2, 0) is 13.0 Å². The fourth-order valence-corrected chi connectivity index (χ4v) is 2.72. The summed E-state index contributed by atoms with van der Waals surface area (Å²) in [5.41, 5.74) is 7.21. The van der Waals surface area contributed by atoms with Crippen LogP contribution in [0.1, 0.15) is 30.8 Å². The molecule has 0 amide bonds. The molecule has 2 aromatic rings. The van der Waals surface area contributed by atoms with E-state index in [2.05, 4.69) is 32.4 Å². The second-order valence-electron chi connectivity index (χ2n) is 4.51. The summed E-state index contributed by atoms with van der Waals surface area (Å²) in [7, 11) is 0. The molecule has 0 aliphatic heterocycles. The average molecular weight is 343 g/mol. The maximum atomic E-state index is 6.26. The first-order chi connectivity index (χ1) is 9.11. The Balaban J connectivity index is 2.18. The Kier molecular flexibility index (Phi) is 5.02. The zero-order valence-electron chi connectivity index (χ0n) is 10.8. The van der Waals surface area contributed by atoms with Crippen molar-refractivity contribution in [2.45, 2.75) is 32.4 Å². The minimum absolute atomic E-state index is 0.150. The van der Waals surface area contributed by atoms with Crippen LogP contribution in [0.4, 0.5) is 0 Å². The minimum atomic E-state index is -0.150. The summed E-state index contributed by atoms with van der Waals surface area (Å²) in [5.74, 6) is 1.00. The van der Waals surface area contributed by atoms with Crippen molar-refractivity contribution in [1.29, 1.82) is 0 Å². The van der Waals surface area contributed by atoms with Crippen molar-refractivity contribution < 1.29 is 0 Å². The lowest BCUT2D eigenvalue weighted by Gasteiger charge is -2.15. The van der Waals surface area contributed by atoms with Gasteiger partial charge >= 0.3 is 0 Å². The van der Waals surface area contributed by atoms with Crippen LogP contribution in [0.2, 0.25) is 5.02 Å². The van der Waals surface area contributed by atoms with Gasteiger partial charge in [0.2, 0.25) is 0 Å². The van der Waals surface area contributed by atoms with Crippen molar-refractivity contribution in [3.05, 3.63) is 51.5 Å². The first-order valence-corrected chi connectivity index (χ1v) is 7.49. The van der Waals surface area contributed by atoms with E-state index in [9.17, 15) is 0 Å². The van der Waals surface area contributed by atoms with Crippen LogP contribution in [0.15, 0.2) is 35.1 Å². The van der Waals surface area contributed by atoms with E-state index < -0.39 is 0 Å². The standard InChI is InChI=1S/C14H17BrClN3/c1-2-6-19-7-5-18-14(19)9-13(17)11-8-10(15)3-4-12(11)16/h3-5,7-8,13H,2,6,9,17H2,1H3. The number of benzene rings is 1. The Hall–Kier alpha value is -0.840. The molecule has 0 bridgehead atoms. The van der Waals surface area contributed by atoms with Gasteiger partial charge in [0, 0.05) is 40.9 Å². The normalized spacial score (nSPS) is 12.6. The molecular formula is C14H17BrClN3. The van der Waals surface area contributed by atoms with Crippen molar-refractivity contribution in [3.63, 3.8) is 0 Å². The Bertz CT molecular complexity index is 553. The van der Waals surface area contributed by atoms with Crippen molar-refractivity contribution in [3.8, 4) is 0 Å². The van der Waals surface area contributed by atoms with Crippen LogP contribution in [0.3, 0.4) is 0 Å². The molecule has 5 heteroatoms. The lowest BCUT2D eigenvalue weighted by Crippen LogP contribution is -2.17. The highest BCUT2D eigenvalue weighted by atomic mass is 79.9. The third-order valence-corrected chi connectivity index (χ3v) is 3.86. The maximum Gasteiger partial charge on any atom is 0.110 e. The third kappa shape index (κ3) is 3.59. The monoisotopic (exact) mass is 341 g/mol. The number of rotatable bonds is 5. The average Bonchev–Trinajstić information content (AvgIpc) is 2.80. The summed E-state index contributed by atoms with van der Waals surface area (Å²) >= 11 is 9.65. The van der Waals surface area contributed by atoms with Crippen molar-refractivity contribution in [2.75, 3.05) is 0 Å². The molecule has 1 aromatic carbocycles. The number of nitrogens with zero attached hydrogens (tertiary/aromatic N) is 2. The molecule has 0 fully saturated rings. The van der Waals surface area contributed by atoms with Crippen LogP contribution in [0.25, 0.3) is 0 Å². The molecule has 102 valence electrons. The lowest BCUT2D eigenvalue weighted by molar-refractivity contribution is 0.599. The summed E-state index contributed by atoms with van der Waals surface area (Å²) in [6.45, 7) is 3.11. The number of halogens is 2. The molecule has 0 radical (unpaired) electrons. The second-order valence-corrected chi connectivity index (χ2v) is 5.84. The molecule has 19 heavy (non-hydrogen) atoms. The highest BCUT2D eigenvalue weighted by molar-refractivity contribution is 9.10. The predicted octanol–water partition coefficient (Wildman–Crippen LogP) is 3.95. The molecule has 0 spiro atoms. The van der Waals surface area contributed by atoms with Crippen molar-refractivity contribution >= 4 is 27.5 Å². The first-order valence-electron chi connectivity index (χ1n) is 6.32. The van der Waals surface area contributed by atoms with Gasteiger partial charge < -0.3 is 10.3 Å². The van der Waals surface area contributed by atoms with Gasteiger partial charge in [0.05, 0.1) is 0 Å². The molecule has 1 atom stereocenters. The van der Waals surface area contributed by atoms with Gasteiger partial charge in [0.15, 0.2) is 0 Å². The van der Waals surface area contributed by atoms with Crippen LogP contribution in [0.5, 0.6) is 0 Å². The van der Waals surface area contributed by atoms with Gasteiger partial charge in [-0.3, -0.25) is 0 Å². The topological polar surface area (TPSA) is 43.8 Å². The van der Waals surface area contributed by atoms with E-state index in [4.69, 9.17) is 17.3 Å². The Morgan fingerprint density at radius 2 is 2.26 bits per heavy atom. The van der Waals surface area contributed by atoms with Crippen molar-refractivity contribution in [1.82, 2.24) is 9.55 Å².